The number of anilines is 1. The van der Waals surface area contributed by atoms with Crippen molar-refractivity contribution in [3.05, 3.63) is 57.6 Å². The molecular weight excluding hydrogens is 414 g/mol. The molecule has 1 fully saturated rings. The number of nitrogens with one attached hydrogen (secondary N) is 1. The van der Waals surface area contributed by atoms with Crippen molar-refractivity contribution in [2.24, 2.45) is 5.92 Å². The minimum atomic E-state index is -0.486. The van der Waals surface area contributed by atoms with Gasteiger partial charge in [-0.15, -0.1) is 0 Å². The van der Waals surface area contributed by atoms with Crippen LogP contribution in [0.3, 0.4) is 0 Å². The lowest BCUT2D eigenvalue weighted by Crippen LogP contribution is -2.40. The van der Waals surface area contributed by atoms with Gasteiger partial charge in [0, 0.05) is 19.2 Å². The molecule has 0 radical (unpaired) electrons. The fourth-order valence-electron chi connectivity index (χ4n) is 4.16. The van der Waals surface area contributed by atoms with Crippen molar-refractivity contribution in [2.45, 2.75) is 32.8 Å². The highest BCUT2D eigenvalue weighted by Crippen LogP contribution is 2.29. The van der Waals surface area contributed by atoms with Gasteiger partial charge in [0.2, 0.25) is 0 Å². The zero-order valence-corrected chi connectivity index (χ0v) is 19.2. The van der Waals surface area contributed by atoms with Crippen LogP contribution in [0.1, 0.15) is 46.0 Å². The van der Waals surface area contributed by atoms with E-state index in [1.54, 1.807) is 12.1 Å². The van der Waals surface area contributed by atoms with Crippen LogP contribution in [0.5, 0.6) is 5.75 Å². The first-order chi connectivity index (χ1) is 14.8. The molecule has 4 N–H and O–H groups in total. The minimum Gasteiger partial charge on any atom is -0.496 e. The molecule has 2 aromatic carbocycles. The maximum absolute atomic E-state index is 12.6. The Labute approximate surface area is 189 Å². The van der Waals surface area contributed by atoms with Gasteiger partial charge in [-0.05, 0) is 62.9 Å². The van der Waals surface area contributed by atoms with Crippen LogP contribution in [-0.2, 0) is 0 Å². The van der Waals surface area contributed by atoms with Crippen LogP contribution in [0.2, 0.25) is 5.02 Å². The van der Waals surface area contributed by atoms with Crippen LogP contribution < -0.4 is 15.8 Å². The molecule has 1 unspecified atom stereocenters. The molecule has 1 aliphatic rings. The molecule has 31 heavy (non-hydrogen) atoms. The molecule has 0 aliphatic carbocycles. The molecule has 1 saturated heterocycles. The first kappa shape index (κ1) is 23.4. The van der Waals surface area contributed by atoms with E-state index in [0.717, 1.165) is 37.1 Å². The zero-order valence-electron chi connectivity index (χ0n) is 18.5. The molecule has 1 heterocycles. The van der Waals surface area contributed by atoms with E-state index in [4.69, 9.17) is 22.1 Å². The predicted molar refractivity (Wildman–Crippen MR) is 125 cm³/mol. The van der Waals surface area contributed by atoms with E-state index in [-0.39, 0.29) is 5.91 Å². The quantitative estimate of drug-likeness (QED) is 0.565. The Bertz CT molecular complexity index is 927. The van der Waals surface area contributed by atoms with Crippen LogP contribution in [0.4, 0.5) is 5.69 Å². The number of aliphatic hydroxyl groups excluding tert-OH is 1. The summed E-state index contributed by atoms with van der Waals surface area (Å²) in [4.78, 5) is 14.9. The number of methoxy groups -OCH3 is 1. The number of aryl methyl sites for hydroxylation is 2. The standard InChI is InChI=1S/C24H32ClN3O3/c1-15-4-5-18(16(2)10-15)22(29)14-28-8-6-17(7-9-28)13-27-24(30)19-11-20(25)21(26)12-23(19)31-3/h4-5,10-12,17,22,29H,6-9,13-14,26H2,1-3H3,(H,27,30). The zero-order chi connectivity index (χ0) is 22.5. The number of amides is 1. The molecule has 1 aliphatic heterocycles. The second kappa shape index (κ2) is 10.4. The highest BCUT2D eigenvalue weighted by atomic mass is 35.5. The van der Waals surface area contributed by atoms with Gasteiger partial charge in [-0.25, -0.2) is 0 Å². The molecule has 0 saturated carbocycles. The van der Waals surface area contributed by atoms with Crippen LogP contribution >= 0.6 is 11.6 Å². The van der Waals surface area contributed by atoms with E-state index in [9.17, 15) is 9.90 Å². The third kappa shape index (κ3) is 5.91. The molecule has 168 valence electrons. The van der Waals surface area contributed by atoms with Gasteiger partial charge in [-0.2, -0.15) is 0 Å². The normalized spacial score (nSPS) is 16.2. The van der Waals surface area contributed by atoms with Gasteiger partial charge in [0.25, 0.3) is 5.91 Å². The number of carbonyl (C=O) groups is 1. The third-order valence-corrected chi connectivity index (χ3v) is 6.36. The Balaban J connectivity index is 1.48. The number of piperidine rings is 1. The second-order valence-electron chi connectivity index (χ2n) is 8.40. The fraction of sp³-hybridized carbons (Fsp3) is 0.458. The van der Waals surface area contributed by atoms with Gasteiger partial charge in [0.1, 0.15) is 5.75 Å². The SMILES string of the molecule is COc1cc(N)c(Cl)cc1C(=O)NCC1CCN(CC(O)c2ccc(C)cc2C)CC1. The van der Waals surface area contributed by atoms with Crippen molar-refractivity contribution in [1.29, 1.82) is 0 Å². The summed E-state index contributed by atoms with van der Waals surface area (Å²) >= 11 is 6.07. The lowest BCUT2D eigenvalue weighted by molar-refractivity contribution is 0.0849. The highest BCUT2D eigenvalue weighted by Gasteiger charge is 2.23. The lowest BCUT2D eigenvalue weighted by atomic mass is 9.95. The first-order valence-corrected chi connectivity index (χ1v) is 11.0. The third-order valence-electron chi connectivity index (χ3n) is 6.04. The summed E-state index contributed by atoms with van der Waals surface area (Å²) in [6, 6.07) is 9.29. The van der Waals surface area contributed by atoms with E-state index in [1.807, 2.05) is 19.1 Å². The Morgan fingerprint density at radius 3 is 2.65 bits per heavy atom. The molecule has 0 aromatic heterocycles. The summed E-state index contributed by atoms with van der Waals surface area (Å²) in [5.41, 5.74) is 9.88. The van der Waals surface area contributed by atoms with E-state index >= 15 is 0 Å². The highest BCUT2D eigenvalue weighted by molar-refractivity contribution is 6.33. The Hall–Kier alpha value is -2.28. The number of hydrogen-bond acceptors (Lipinski definition) is 5. The topological polar surface area (TPSA) is 87.8 Å². The summed E-state index contributed by atoms with van der Waals surface area (Å²) in [5.74, 6) is 0.592. The van der Waals surface area contributed by atoms with Crippen LogP contribution in [-0.4, -0.2) is 49.2 Å². The van der Waals surface area contributed by atoms with Crippen molar-refractivity contribution in [3.63, 3.8) is 0 Å². The van der Waals surface area contributed by atoms with E-state index in [2.05, 4.69) is 23.2 Å². The largest absolute Gasteiger partial charge is 0.496 e. The minimum absolute atomic E-state index is 0.216. The number of benzene rings is 2. The maximum atomic E-state index is 12.6. The maximum Gasteiger partial charge on any atom is 0.255 e. The fourth-order valence-corrected chi connectivity index (χ4v) is 4.33. The molecule has 2 aromatic rings. The average molecular weight is 446 g/mol. The number of nitrogens with zero attached hydrogens (tertiary/aromatic N) is 1. The Morgan fingerprint density at radius 1 is 1.29 bits per heavy atom. The van der Waals surface area contributed by atoms with Crippen LogP contribution in [0.25, 0.3) is 0 Å². The van der Waals surface area contributed by atoms with Crippen molar-refractivity contribution in [2.75, 3.05) is 39.0 Å². The second-order valence-corrected chi connectivity index (χ2v) is 8.81. The van der Waals surface area contributed by atoms with Gasteiger partial charge in [-0.1, -0.05) is 35.4 Å². The number of β-amino-alcohol motifs (C(OH)–C–C–N with tert-alkyl or cyclic N) is 1. The van der Waals surface area contributed by atoms with Crippen molar-refractivity contribution < 1.29 is 14.6 Å². The smallest absolute Gasteiger partial charge is 0.255 e. The number of hydrogen-bond donors (Lipinski definition) is 3. The number of carbonyl (C=O) groups excluding carboxylic acids is 1. The number of ether oxygens (including phenoxy) is 1. The lowest BCUT2D eigenvalue weighted by Gasteiger charge is -2.33. The molecule has 3 rings (SSSR count). The molecule has 0 spiro atoms. The summed E-state index contributed by atoms with van der Waals surface area (Å²) in [6.07, 6.45) is 1.46. The van der Waals surface area contributed by atoms with E-state index < -0.39 is 6.10 Å². The predicted octanol–water partition coefficient (Wildman–Crippen LogP) is 3.72. The number of halogens is 1. The molecule has 1 atom stereocenters. The monoisotopic (exact) mass is 445 g/mol. The van der Waals surface area contributed by atoms with E-state index in [1.165, 1.54) is 12.7 Å². The van der Waals surface area contributed by atoms with Gasteiger partial charge in [-0.3, -0.25) is 4.79 Å². The van der Waals surface area contributed by atoms with Gasteiger partial charge >= 0.3 is 0 Å². The number of rotatable bonds is 7. The van der Waals surface area contributed by atoms with Crippen molar-refractivity contribution in [1.82, 2.24) is 10.2 Å². The summed E-state index contributed by atoms with van der Waals surface area (Å²) in [6.45, 7) is 7.13. The molecule has 0 bridgehead atoms. The Kier molecular flexibility index (Phi) is 7.81. The summed E-state index contributed by atoms with van der Waals surface area (Å²) in [5, 5.41) is 14.0. The number of nitrogens with two attached hydrogens (primary N) is 1. The van der Waals surface area contributed by atoms with Crippen molar-refractivity contribution in [3.8, 4) is 5.75 Å². The van der Waals surface area contributed by atoms with Crippen LogP contribution in [0.15, 0.2) is 30.3 Å². The van der Waals surface area contributed by atoms with Crippen molar-refractivity contribution >= 4 is 23.2 Å². The molecular formula is C24H32ClN3O3. The number of aliphatic hydroxyl groups is 1. The number of nitrogen functional groups attached to an aromatic ring is 1. The molecule has 7 heteroatoms. The molecule has 1 amide bonds. The summed E-state index contributed by atoms with van der Waals surface area (Å²) < 4.78 is 5.27. The Morgan fingerprint density at radius 2 is 2.00 bits per heavy atom. The van der Waals surface area contributed by atoms with E-state index in [0.29, 0.717) is 41.0 Å². The summed E-state index contributed by atoms with van der Waals surface area (Å²) in [7, 11) is 1.50. The van der Waals surface area contributed by atoms with Crippen LogP contribution in [0, 0.1) is 19.8 Å². The number of likely N-dealkylation sites (tertiary alicyclic amines) is 1. The molecule has 6 nitrogen and oxygen atoms in total. The average Bonchev–Trinajstić information content (AvgIpc) is 2.74. The first-order valence-electron chi connectivity index (χ1n) is 10.7. The van der Waals surface area contributed by atoms with Gasteiger partial charge in [0.05, 0.1) is 29.5 Å². The van der Waals surface area contributed by atoms with Gasteiger partial charge < -0.3 is 25.8 Å². The van der Waals surface area contributed by atoms with Gasteiger partial charge in [0.15, 0.2) is 0 Å².